The summed E-state index contributed by atoms with van der Waals surface area (Å²) in [7, 11) is 0. The van der Waals surface area contributed by atoms with Crippen LogP contribution in [-0.2, 0) is 12.8 Å². The number of unbranched alkanes of at least 4 members (excludes halogenated alkanes) is 2. The van der Waals surface area contributed by atoms with Crippen molar-refractivity contribution in [3.63, 3.8) is 0 Å². The quantitative estimate of drug-likeness (QED) is 0.324. The smallest absolute Gasteiger partial charge is 0.0280 e. The van der Waals surface area contributed by atoms with Gasteiger partial charge < -0.3 is 0 Å². The van der Waals surface area contributed by atoms with Gasteiger partial charge >= 0.3 is 0 Å². The molecule has 0 N–H and O–H groups in total. The minimum Gasteiger partial charge on any atom is -0.101 e. The molecule has 1 aromatic rings. The topological polar surface area (TPSA) is 0 Å². The van der Waals surface area contributed by atoms with Crippen molar-refractivity contribution in [2.75, 3.05) is 0 Å². The van der Waals surface area contributed by atoms with Crippen molar-refractivity contribution in [1.82, 2.24) is 0 Å². The molecule has 154 valence electrons. The van der Waals surface area contributed by atoms with Crippen LogP contribution in [-0.4, -0.2) is 0 Å². The Morgan fingerprint density at radius 3 is 1.36 bits per heavy atom. The minimum atomic E-state index is 0.749. The molecule has 0 aliphatic heterocycles. The van der Waals surface area contributed by atoms with E-state index in [1.54, 1.807) is 0 Å². The van der Waals surface area contributed by atoms with Gasteiger partial charge in [0.15, 0.2) is 0 Å². The molecule has 1 rings (SSSR count). The molecule has 0 radical (unpaired) electrons. The fourth-order valence-corrected chi connectivity index (χ4v) is 4.04. The van der Waals surface area contributed by atoms with Crippen molar-refractivity contribution in [2.24, 2.45) is 11.8 Å². The van der Waals surface area contributed by atoms with Crippen molar-refractivity contribution in [3.05, 3.63) is 34.4 Å². The van der Waals surface area contributed by atoms with E-state index in [1.165, 1.54) is 73.6 Å². The fraction of sp³-hybridized carbons (Fsp3) is 0.643. The third-order valence-corrected chi connectivity index (χ3v) is 5.95. The van der Waals surface area contributed by atoms with Gasteiger partial charge in [-0.1, -0.05) is 90.9 Å². The maximum atomic E-state index is 3.41. The zero-order chi connectivity index (χ0) is 20.8. The van der Waals surface area contributed by atoms with Crippen LogP contribution in [0.15, 0.2) is 12.1 Å². The van der Waals surface area contributed by atoms with E-state index in [9.17, 15) is 0 Å². The predicted molar refractivity (Wildman–Crippen MR) is 126 cm³/mol. The Morgan fingerprint density at radius 1 is 0.679 bits per heavy atom. The second kappa shape index (κ2) is 14.4. The normalized spacial score (nSPS) is 12.5. The SMILES string of the molecule is CC#Cc1cc(C[C@H](CC)CCCC)c(C#CC)cc1C[C@H](CC)CCCC. The summed E-state index contributed by atoms with van der Waals surface area (Å²) >= 11 is 0. The van der Waals surface area contributed by atoms with E-state index in [4.69, 9.17) is 0 Å². The number of hydrogen-bond acceptors (Lipinski definition) is 0. The van der Waals surface area contributed by atoms with E-state index in [2.05, 4.69) is 63.5 Å². The Kier molecular flexibility index (Phi) is 12.5. The van der Waals surface area contributed by atoms with E-state index < -0.39 is 0 Å². The molecule has 2 atom stereocenters. The third-order valence-electron chi connectivity index (χ3n) is 5.95. The van der Waals surface area contributed by atoms with Gasteiger partial charge in [0.25, 0.3) is 0 Å². The zero-order valence-corrected chi connectivity index (χ0v) is 19.4. The molecule has 28 heavy (non-hydrogen) atoms. The number of hydrogen-bond donors (Lipinski definition) is 0. The van der Waals surface area contributed by atoms with Gasteiger partial charge in [-0.05, 0) is 61.8 Å². The Morgan fingerprint density at radius 2 is 1.07 bits per heavy atom. The molecule has 0 nitrogen and oxygen atoms in total. The average Bonchev–Trinajstić information content (AvgIpc) is 2.70. The first kappa shape index (κ1) is 24.4. The van der Waals surface area contributed by atoms with Gasteiger partial charge in [0, 0.05) is 11.1 Å². The van der Waals surface area contributed by atoms with Crippen LogP contribution < -0.4 is 0 Å². The van der Waals surface area contributed by atoms with E-state index in [0.717, 1.165) is 24.7 Å². The molecule has 0 aliphatic carbocycles. The van der Waals surface area contributed by atoms with Gasteiger partial charge in [-0.2, -0.15) is 0 Å². The second-order valence-corrected chi connectivity index (χ2v) is 8.16. The minimum absolute atomic E-state index is 0.749. The lowest BCUT2D eigenvalue weighted by molar-refractivity contribution is 0.446. The summed E-state index contributed by atoms with van der Waals surface area (Å²) in [6.45, 7) is 13.1. The first-order chi connectivity index (χ1) is 13.6. The molecule has 1 aromatic carbocycles. The first-order valence-electron chi connectivity index (χ1n) is 11.6. The lowest BCUT2D eigenvalue weighted by atomic mass is 9.85. The molecule has 0 saturated heterocycles. The number of rotatable bonds is 12. The lowest BCUT2D eigenvalue weighted by Crippen LogP contribution is -2.09. The first-order valence-corrected chi connectivity index (χ1v) is 11.6. The highest BCUT2D eigenvalue weighted by Gasteiger charge is 2.15. The molecule has 0 fully saturated rings. The summed E-state index contributed by atoms with van der Waals surface area (Å²) in [5, 5.41) is 0. The highest BCUT2D eigenvalue weighted by molar-refractivity contribution is 5.52. The highest BCUT2D eigenvalue weighted by Crippen LogP contribution is 2.27. The Balaban J connectivity index is 3.24. The van der Waals surface area contributed by atoms with Gasteiger partial charge in [-0.15, -0.1) is 11.8 Å². The van der Waals surface area contributed by atoms with Crippen LogP contribution >= 0.6 is 0 Å². The molecule has 0 heterocycles. The van der Waals surface area contributed by atoms with E-state index >= 15 is 0 Å². The Labute approximate surface area is 175 Å². The summed E-state index contributed by atoms with van der Waals surface area (Å²) < 4.78 is 0. The number of benzene rings is 1. The molecule has 0 saturated carbocycles. The van der Waals surface area contributed by atoms with Crippen LogP contribution in [0.1, 0.15) is 115 Å². The van der Waals surface area contributed by atoms with E-state index in [1.807, 2.05) is 13.8 Å². The van der Waals surface area contributed by atoms with Gasteiger partial charge in [0.05, 0.1) is 0 Å². The van der Waals surface area contributed by atoms with Crippen molar-refractivity contribution < 1.29 is 0 Å². The van der Waals surface area contributed by atoms with Crippen molar-refractivity contribution in [1.29, 1.82) is 0 Å². The average molecular weight is 379 g/mol. The second-order valence-electron chi connectivity index (χ2n) is 8.16. The molecule has 0 heteroatoms. The maximum absolute atomic E-state index is 3.41. The Bertz CT molecular complexity index is 625. The van der Waals surface area contributed by atoms with Crippen molar-refractivity contribution >= 4 is 0 Å². The summed E-state index contributed by atoms with van der Waals surface area (Å²) in [6.07, 6.45) is 12.6. The fourth-order valence-electron chi connectivity index (χ4n) is 4.04. The maximum Gasteiger partial charge on any atom is 0.0280 e. The molecule has 0 spiro atoms. The predicted octanol–water partition coefficient (Wildman–Crippen LogP) is 7.95. The van der Waals surface area contributed by atoms with Crippen LogP contribution in [0.3, 0.4) is 0 Å². The van der Waals surface area contributed by atoms with Gasteiger partial charge in [-0.25, -0.2) is 0 Å². The lowest BCUT2D eigenvalue weighted by Gasteiger charge is -2.20. The van der Waals surface area contributed by atoms with Gasteiger partial charge in [-0.3, -0.25) is 0 Å². The largest absolute Gasteiger partial charge is 0.101 e. The van der Waals surface area contributed by atoms with Crippen LogP contribution in [0.5, 0.6) is 0 Å². The van der Waals surface area contributed by atoms with Crippen molar-refractivity contribution in [3.8, 4) is 23.7 Å². The molecule has 0 amide bonds. The molecule has 0 bridgehead atoms. The summed E-state index contributed by atoms with van der Waals surface area (Å²) in [4.78, 5) is 0. The summed E-state index contributed by atoms with van der Waals surface area (Å²) in [5.41, 5.74) is 5.28. The zero-order valence-electron chi connectivity index (χ0n) is 19.4. The van der Waals surface area contributed by atoms with Crippen LogP contribution in [0.4, 0.5) is 0 Å². The summed E-state index contributed by atoms with van der Waals surface area (Å²) in [5.74, 6) is 14.6. The molecule has 0 aromatic heterocycles. The summed E-state index contributed by atoms with van der Waals surface area (Å²) in [6, 6.07) is 4.74. The van der Waals surface area contributed by atoms with E-state index in [0.29, 0.717) is 0 Å². The third kappa shape index (κ3) is 8.15. The molecular weight excluding hydrogens is 336 g/mol. The monoisotopic (exact) mass is 378 g/mol. The van der Waals surface area contributed by atoms with Crippen LogP contribution in [0, 0.1) is 35.5 Å². The molecule has 0 unspecified atom stereocenters. The molecular formula is C28H42. The van der Waals surface area contributed by atoms with Gasteiger partial charge in [0.1, 0.15) is 0 Å². The Hall–Kier alpha value is -1.66. The van der Waals surface area contributed by atoms with Crippen molar-refractivity contribution in [2.45, 2.75) is 106 Å². The van der Waals surface area contributed by atoms with Crippen LogP contribution in [0.25, 0.3) is 0 Å². The molecule has 0 aliphatic rings. The van der Waals surface area contributed by atoms with Gasteiger partial charge in [0.2, 0.25) is 0 Å². The standard InChI is InChI=1S/C28H42/c1-7-13-17-23(11-5)19-27-21-26(16-10-4)28(22-25(27)15-9-3)20-24(12-6)18-14-8-2/h21-24H,7-8,11-14,17-20H2,1-6H3/t23-,24-/m1/s1. The highest BCUT2D eigenvalue weighted by atomic mass is 14.2. The van der Waals surface area contributed by atoms with Crippen LogP contribution in [0.2, 0.25) is 0 Å². The van der Waals surface area contributed by atoms with E-state index in [-0.39, 0.29) is 0 Å².